The van der Waals surface area contributed by atoms with E-state index in [1.807, 2.05) is 24.3 Å². The molecule has 0 aliphatic heterocycles. The summed E-state index contributed by atoms with van der Waals surface area (Å²) in [5.41, 5.74) is 2.22. The molecule has 31 heavy (non-hydrogen) atoms. The normalized spacial score (nSPS) is 11.4. The van der Waals surface area contributed by atoms with Crippen molar-refractivity contribution < 1.29 is 13.2 Å². The topological polar surface area (TPSA) is 104 Å². The van der Waals surface area contributed by atoms with Gasteiger partial charge in [-0.2, -0.15) is 0 Å². The van der Waals surface area contributed by atoms with Crippen LogP contribution in [-0.4, -0.2) is 30.8 Å². The van der Waals surface area contributed by atoms with Crippen molar-refractivity contribution in [2.45, 2.75) is 11.3 Å². The largest absolute Gasteiger partial charge is 0.352 e. The van der Waals surface area contributed by atoms with Gasteiger partial charge in [0.15, 0.2) is 0 Å². The minimum atomic E-state index is -3.87. The Kier molecular flexibility index (Phi) is 5.92. The number of imidazole rings is 1. The van der Waals surface area contributed by atoms with Crippen LogP contribution in [0.4, 0.5) is 5.69 Å². The number of aromatic nitrogens is 2. The van der Waals surface area contributed by atoms with Crippen LogP contribution in [0.5, 0.6) is 0 Å². The lowest BCUT2D eigenvalue weighted by Gasteiger charge is -2.13. The van der Waals surface area contributed by atoms with E-state index in [1.165, 1.54) is 24.3 Å². The molecule has 0 aliphatic rings. The van der Waals surface area contributed by atoms with Crippen LogP contribution in [0, 0.1) is 0 Å². The summed E-state index contributed by atoms with van der Waals surface area (Å²) in [5, 5.41) is 3.25. The van der Waals surface area contributed by atoms with Crippen molar-refractivity contribution in [3.05, 3.63) is 89.2 Å². The first kappa shape index (κ1) is 20.9. The molecule has 158 valence electrons. The van der Waals surface area contributed by atoms with E-state index in [0.29, 0.717) is 18.0 Å². The number of nitrogens with one attached hydrogen (secondary N) is 3. The molecule has 0 spiro atoms. The Balaban J connectivity index is 1.44. The summed E-state index contributed by atoms with van der Waals surface area (Å²) in [6.45, 7) is 0.344. The number of H-pyrrole nitrogens is 1. The number of anilines is 1. The molecule has 0 aliphatic carbocycles. The Morgan fingerprint density at radius 3 is 2.45 bits per heavy atom. The van der Waals surface area contributed by atoms with Gasteiger partial charge in [-0.25, -0.2) is 13.4 Å². The molecule has 9 heteroatoms. The highest BCUT2D eigenvalue weighted by Crippen LogP contribution is 2.21. The lowest BCUT2D eigenvalue weighted by atomic mass is 10.1. The van der Waals surface area contributed by atoms with E-state index >= 15 is 0 Å². The van der Waals surface area contributed by atoms with E-state index in [0.717, 1.165) is 16.9 Å². The minimum Gasteiger partial charge on any atom is -0.352 e. The third-order valence-corrected chi connectivity index (χ3v) is 6.26. The van der Waals surface area contributed by atoms with Gasteiger partial charge >= 0.3 is 0 Å². The Bertz CT molecular complexity index is 1300. The predicted octanol–water partition coefficient (Wildman–Crippen LogP) is 3.99. The summed E-state index contributed by atoms with van der Waals surface area (Å²) in [6, 6.07) is 19.9. The Hall–Kier alpha value is -3.36. The summed E-state index contributed by atoms with van der Waals surface area (Å²) in [4.78, 5) is 20.4. The smallest absolute Gasteiger partial charge is 0.261 e. The number of aromatic amines is 1. The highest BCUT2D eigenvalue weighted by Gasteiger charge is 2.18. The number of hydrogen-bond donors (Lipinski definition) is 3. The van der Waals surface area contributed by atoms with Crippen LogP contribution in [-0.2, 0) is 16.4 Å². The third kappa shape index (κ3) is 4.87. The fourth-order valence-electron chi connectivity index (χ4n) is 3.10. The molecule has 4 aromatic rings. The molecule has 1 aromatic heterocycles. The molecule has 0 atom stereocenters. The lowest BCUT2D eigenvalue weighted by molar-refractivity contribution is 0.0955. The summed E-state index contributed by atoms with van der Waals surface area (Å²) in [7, 11) is -3.87. The zero-order chi connectivity index (χ0) is 21.8. The summed E-state index contributed by atoms with van der Waals surface area (Å²) in [5.74, 6) is 0.378. The highest BCUT2D eigenvalue weighted by molar-refractivity contribution is 7.92. The standard InChI is InChI=1S/C22H19ClN4O3S/c23-15-9-11-16(12-10-15)31(29,30)27-18-6-2-1-5-17(18)22(28)24-14-13-21-25-19-7-3-4-8-20(19)26-21/h1-12,27H,13-14H2,(H,24,28)(H,25,26). The maximum atomic E-state index is 12.7. The van der Waals surface area contributed by atoms with Crippen LogP contribution in [0.25, 0.3) is 11.0 Å². The minimum absolute atomic E-state index is 0.0528. The number of fused-ring (bicyclic) bond motifs is 1. The van der Waals surface area contributed by atoms with Gasteiger partial charge in [0.05, 0.1) is 27.2 Å². The Labute approximate surface area is 184 Å². The molecule has 0 radical (unpaired) electrons. The van der Waals surface area contributed by atoms with Gasteiger partial charge in [-0.05, 0) is 48.5 Å². The third-order valence-electron chi connectivity index (χ3n) is 4.63. The molecular weight excluding hydrogens is 436 g/mol. The second kappa shape index (κ2) is 8.79. The van der Waals surface area contributed by atoms with Gasteiger partial charge < -0.3 is 10.3 Å². The van der Waals surface area contributed by atoms with Crippen molar-refractivity contribution >= 4 is 44.3 Å². The van der Waals surface area contributed by atoms with Crippen molar-refractivity contribution in [2.75, 3.05) is 11.3 Å². The van der Waals surface area contributed by atoms with E-state index in [1.54, 1.807) is 24.3 Å². The maximum absolute atomic E-state index is 12.7. The van der Waals surface area contributed by atoms with Crippen LogP contribution in [0.3, 0.4) is 0 Å². The highest BCUT2D eigenvalue weighted by atomic mass is 35.5. The number of carbonyl (C=O) groups excluding carboxylic acids is 1. The number of benzene rings is 3. The van der Waals surface area contributed by atoms with Crippen LogP contribution < -0.4 is 10.0 Å². The molecule has 0 bridgehead atoms. The van der Waals surface area contributed by atoms with Crippen molar-refractivity contribution in [1.82, 2.24) is 15.3 Å². The van der Waals surface area contributed by atoms with E-state index in [2.05, 4.69) is 20.0 Å². The number of amides is 1. The summed E-state index contributed by atoms with van der Waals surface area (Å²) in [6.07, 6.45) is 0.513. The second-order valence-corrected chi connectivity index (χ2v) is 8.93. The Morgan fingerprint density at radius 1 is 0.968 bits per heavy atom. The van der Waals surface area contributed by atoms with E-state index in [9.17, 15) is 13.2 Å². The zero-order valence-corrected chi connectivity index (χ0v) is 17.9. The number of halogens is 1. The Morgan fingerprint density at radius 2 is 1.68 bits per heavy atom. The van der Waals surface area contributed by atoms with Crippen LogP contribution in [0.2, 0.25) is 5.02 Å². The number of carbonyl (C=O) groups is 1. The molecular formula is C22H19ClN4O3S. The first-order valence-electron chi connectivity index (χ1n) is 9.52. The first-order valence-corrected chi connectivity index (χ1v) is 11.4. The zero-order valence-electron chi connectivity index (χ0n) is 16.3. The van der Waals surface area contributed by atoms with Crippen LogP contribution in [0.1, 0.15) is 16.2 Å². The van der Waals surface area contributed by atoms with Gasteiger partial charge in [0.1, 0.15) is 5.82 Å². The van der Waals surface area contributed by atoms with E-state index in [4.69, 9.17) is 11.6 Å². The number of sulfonamides is 1. The monoisotopic (exact) mass is 454 g/mol. The van der Waals surface area contributed by atoms with Gasteiger partial charge in [0, 0.05) is 18.0 Å². The lowest BCUT2D eigenvalue weighted by Crippen LogP contribution is -2.27. The van der Waals surface area contributed by atoms with Crippen molar-refractivity contribution in [2.24, 2.45) is 0 Å². The first-order chi connectivity index (χ1) is 14.9. The van der Waals surface area contributed by atoms with Crippen molar-refractivity contribution in [3.63, 3.8) is 0 Å². The van der Waals surface area contributed by atoms with Crippen molar-refractivity contribution in [1.29, 1.82) is 0 Å². The molecule has 3 aromatic carbocycles. The average Bonchev–Trinajstić information content (AvgIpc) is 3.17. The van der Waals surface area contributed by atoms with Gasteiger partial charge in [0.2, 0.25) is 0 Å². The van der Waals surface area contributed by atoms with Crippen LogP contribution >= 0.6 is 11.6 Å². The molecule has 1 amide bonds. The quantitative estimate of drug-likeness (QED) is 0.392. The maximum Gasteiger partial charge on any atom is 0.261 e. The molecule has 0 saturated heterocycles. The number of rotatable bonds is 7. The second-order valence-electron chi connectivity index (χ2n) is 6.81. The van der Waals surface area contributed by atoms with E-state index < -0.39 is 10.0 Å². The van der Waals surface area contributed by atoms with Crippen LogP contribution in [0.15, 0.2) is 77.7 Å². The fourth-order valence-corrected chi connectivity index (χ4v) is 4.31. The van der Waals surface area contributed by atoms with E-state index in [-0.39, 0.29) is 22.1 Å². The average molecular weight is 455 g/mol. The number of hydrogen-bond acceptors (Lipinski definition) is 4. The molecule has 3 N–H and O–H groups in total. The van der Waals surface area contributed by atoms with Gasteiger partial charge in [-0.1, -0.05) is 35.9 Å². The number of para-hydroxylation sites is 3. The summed E-state index contributed by atoms with van der Waals surface area (Å²) >= 11 is 5.83. The van der Waals surface area contributed by atoms with Gasteiger partial charge in [-0.3, -0.25) is 9.52 Å². The molecule has 7 nitrogen and oxygen atoms in total. The van der Waals surface area contributed by atoms with Gasteiger partial charge in [-0.15, -0.1) is 0 Å². The molecule has 0 saturated carbocycles. The molecule has 0 unspecified atom stereocenters. The summed E-state index contributed by atoms with van der Waals surface area (Å²) < 4.78 is 27.8. The molecule has 4 rings (SSSR count). The number of nitrogens with zero attached hydrogens (tertiary/aromatic N) is 1. The fraction of sp³-hybridized carbons (Fsp3) is 0.0909. The van der Waals surface area contributed by atoms with Crippen molar-refractivity contribution in [3.8, 4) is 0 Å². The molecule has 1 heterocycles. The van der Waals surface area contributed by atoms with Gasteiger partial charge in [0.25, 0.3) is 15.9 Å². The predicted molar refractivity (Wildman–Crippen MR) is 121 cm³/mol. The molecule has 0 fully saturated rings. The SMILES string of the molecule is O=C(NCCc1nc2ccccc2[nH]1)c1ccccc1NS(=O)(=O)c1ccc(Cl)cc1.